The highest BCUT2D eigenvalue weighted by atomic mass is 16.1. The Morgan fingerprint density at radius 1 is 1.60 bits per heavy atom. The summed E-state index contributed by atoms with van der Waals surface area (Å²) in [6.45, 7) is 3.12. The summed E-state index contributed by atoms with van der Waals surface area (Å²) in [5, 5.41) is 2.52. The molecule has 0 aromatic heterocycles. The van der Waals surface area contributed by atoms with Crippen LogP contribution in [0.2, 0.25) is 0 Å². The van der Waals surface area contributed by atoms with E-state index in [0.29, 0.717) is 0 Å². The van der Waals surface area contributed by atoms with Crippen molar-refractivity contribution >= 4 is 12.6 Å². The molecule has 5 nitrogen and oxygen atoms in total. The molecule has 5 heteroatoms. The second kappa shape index (κ2) is 3.49. The normalized spacial score (nSPS) is 11.7. The van der Waals surface area contributed by atoms with Gasteiger partial charge in [0.2, 0.25) is 0 Å². The zero-order valence-corrected chi connectivity index (χ0v) is 5.72. The highest BCUT2D eigenvalue weighted by molar-refractivity contribution is 5.92. The third-order valence-electron chi connectivity index (χ3n) is 0.916. The topological polar surface area (TPSA) is 93.5 Å². The van der Waals surface area contributed by atoms with Crippen molar-refractivity contribution in [2.75, 3.05) is 7.05 Å². The van der Waals surface area contributed by atoms with Crippen LogP contribution in [0, 0.1) is 0 Å². The van der Waals surface area contributed by atoms with Gasteiger partial charge in [0.15, 0.2) is 5.70 Å². The summed E-state index contributed by atoms with van der Waals surface area (Å²) in [4.78, 5) is 13.8. The van der Waals surface area contributed by atoms with Gasteiger partial charge < -0.3 is 16.8 Å². The number of nitrogens with two attached hydrogens (primary N) is 2. The third-order valence-corrected chi connectivity index (χ3v) is 0.916. The van der Waals surface area contributed by atoms with Gasteiger partial charge in [0, 0.05) is 7.05 Å². The van der Waals surface area contributed by atoms with Gasteiger partial charge in [-0.15, -0.1) is 0 Å². The van der Waals surface area contributed by atoms with E-state index in [-0.39, 0.29) is 11.5 Å². The number of carbonyl (C=O) groups excluding carboxylic acids is 1. The van der Waals surface area contributed by atoms with Crippen molar-refractivity contribution in [3.05, 3.63) is 11.5 Å². The molecule has 1 amide bonds. The standard InChI is InChI=1S/C5H10N4O/c1-8-3(5(7)10)4(6)9-2/h9H,1,6H2,2H3,(H2,7,10)/b4-3-. The number of nitrogens with one attached hydrogen (secondary N) is 1. The van der Waals surface area contributed by atoms with E-state index in [1.165, 1.54) is 0 Å². The number of carbonyl (C=O) groups is 1. The molecule has 56 valence electrons. The molecule has 0 spiro atoms. The molecule has 0 heterocycles. The average molecular weight is 142 g/mol. The molecule has 0 aliphatic rings. The number of amides is 1. The Kier molecular flexibility index (Phi) is 2.96. The van der Waals surface area contributed by atoms with E-state index in [1.807, 2.05) is 0 Å². The molecule has 0 aliphatic carbocycles. The van der Waals surface area contributed by atoms with Crippen LogP contribution in [0.3, 0.4) is 0 Å². The second-order valence-corrected chi connectivity index (χ2v) is 1.53. The number of aliphatic imine (C=N–C) groups is 1. The Hall–Kier alpha value is -1.52. The van der Waals surface area contributed by atoms with Crippen molar-refractivity contribution in [2.45, 2.75) is 0 Å². The van der Waals surface area contributed by atoms with Crippen LogP contribution in [0.1, 0.15) is 0 Å². The molecule has 5 N–H and O–H groups in total. The van der Waals surface area contributed by atoms with Gasteiger partial charge >= 0.3 is 0 Å². The number of nitrogens with zero attached hydrogens (tertiary/aromatic N) is 1. The van der Waals surface area contributed by atoms with Crippen molar-refractivity contribution in [1.29, 1.82) is 0 Å². The predicted octanol–water partition coefficient (Wildman–Crippen LogP) is -1.48. The number of hydrogen-bond acceptors (Lipinski definition) is 4. The first-order valence-electron chi connectivity index (χ1n) is 2.57. The van der Waals surface area contributed by atoms with Crippen molar-refractivity contribution in [2.24, 2.45) is 16.5 Å². The lowest BCUT2D eigenvalue weighted by molar-refractivity contribution is -0.114. The molecule has 0 fully saturated rings. The lowest BCUT2D eigenvalue weighted by atomic mass is 10.4. The van der Waals surface area contributed by atoms with Crippen molar-refractivity contribution in [3.63, 3.8) is 0 Å². The van der Waals surface area contributed by atoms with Gasteiger partial charge in [0.05, 0.1) is 0 Å². The monoisotopic (exact) mass is 142 g/mol. The van der Waals surface area contributed by atoms with Crippen molar-refractivity contribution in [3.8, 4) is 0 Å². The summed E-state index contributed by atoms with van der Waals surface area (Å²) in [5.41, 5.74) is 10.1. The summed E-state index contributed by atoms with van der Waals surface area (Å²) < 4.78 is 0. The minimum Gasteiger partial charge on any atom is -0.384 e. The van der Waals surface area contributed by atoms with E-state index < -0.39 is 5.91 Å². The summed E-state index contributed by atoms with van der Waals surface area (Å²) in [6, 6.07) is 0. The van der Waals surface area contributed by atoms with Gasteiger partial charge in [-0.3, -0.25) is 9.79 Å². The molecule has 0 aromatic carbocycles. The zero-order valence-electron chi connectivity index (χ0n) is 5.72. The van der Waals surface area contributed by atoms with Gasteiger partial charge in [0.1, 0.15) is 5.82 Å². The highest BCUT2D eigenvalue weighted by Gasteiger charge is 2.05. The van der Waals surface area contributed by atoms with Crippen LogP contribution in [0.25, 0.3) is 0 Å². The number of hydrogen-bond donors (Lipinski definition) is 3. The first-order chi connectivity index (χ1) is 4.63. The molecule has 0 aliphatic heterocycles. The lowest BCUT2D eigenvalue weighted by Gasteiger charge is -2.01. The van der Waals surface area contributed by atoms with Gasteiger partial charge in [-0.25, -0.2) is 0 Å². The van der Waals surface area contributed by atoms with Crippen LogP contribution in [0.5, 0.6) is 0 Å². The van der Waals surface area contributed by atoms with Gasteiger partial charge in [0.25, 0.3) is 5.91 Å². The molecule has 0 rings (SSSR count). The maximum absolute atomic E-state index is 10.4. The Morgan fingerprint density at radius 3 is 2.20 bits per heavy atom. The molecule has 0 unspecified atom stereocenters. The third kappa shape index (κ3) is 1.77. The SMILES string of the molecule is C=N/C(C(N)=O)=C(/N)NC. The summed E-state index contributed by atoms with van der Waals surface area (Å²) in [7, 11) is 1.56. The Balaban J connectivity index is 4.62. The van der Waals surface area contributed by atoms with E-state index in [9.17, 15) is 4.79 Å². The fraction of sp³-hybridized carbons (Fsp3) is 0.200. The quantitative estimate of drug-likeness (QED) is 0.331. The Labute approximate surface area is 58.8 Å². The fourth-order valence-electron chi connectivity index (χ4n) is 0.414. The van der Waals surface area contributed by atoms with Gasteiger partial charge in [-0.05, 0) is 6.72 Å². The molecule has 10 heavy (non-hydrogen) atoms. The van der Waals surface area contributed by atoms with Crippen LogP contribution < -0.4 is 16.8 Å². The number of rotatable bonds is 3. The zero-order chi connectivity index (χ0) is 8.15. The molecule has 0 saturated carbocycles. The summed E-state index contributed by atoms with van der Waals surface area (Å²) in [5.74, 6) is -0.565. The smallest absolute Gasteiger partial charge is 0.271 e. The lowest BCUT2D eigenvalue weighted by Crippen LogP contribution is -2.24. The maximum atomic E-state index is 10.4. The van der Waals surface area contributed by atoms with Gasteiger partial charge in [-0.1, -0.05) is 0 Å². The predicted molar refractivity (Wildman–Crippen MR) is 39.0 cm³/mol. The fourth-order valence-corrected chi connectivity index (χ4v) is 0.414. The van der Waals surface area contributed by atoms with Crippen LogP contribution in [0.15, 0.2) is 16.5 Å². The van der Waals surface area contributed by atoms with Gasteiger partial charge in [-0.2, -0.15) is 0 Å². The van der Waals surface area contributed by atoms with Crippen molar-refractivity contribution in [1.82, 2.24) is 5.32 Å². The molecular formula is C5H10N4O. The molecule has 0 saturated heterocycles. The van der Waals surface area contributed by atoms with E-state index >= 15 is 0 Å². The Bertz CT molecular complexity index is 184. The van der Waals surface area contributed by atoms with Crippen LogP contribution in [-0.2, 0) is 4.79 Å². The average Bonchev–Trinajstić information content (AvgIpc) is 1.88. The first kappa shape index (κ1) is 8.48. The molecular weight excluding hydrogens is 132 g/mol. The molecule has 0 radical (unpaired) electrons. The van der Waals surface area contributed by atoms with E-state index in [1.54, 1.807) is 7.05 Å². The molecule has 0 atom stereocenters. The van der Waals surface area contributed by atoms with Crippen LogP contribution >= 0.6 is 0 Å². The minimum atomic E-state index is -0.693. The van der Waals surface area contributed by atoms with Crippen LogP contribution in [-0.4, -0.2) is 19.7 Å². The molecule has 0 bridgehead atoms. The van der Waals surface area contributed by atoms with E-state index in [4.69, 9.17) is 11.5 Å². The minimum absolute atomic E-state index is 0.0394. The van der Waals surface area contributed by atoms with Crippen LogP contribution in [0.4, 0.5) is 0 Å². The highest BCUT2D eigenvalue weighted by Crippen LogP contribution is 1.94. The molecule has 0 aromatic rings. The van der Waals surface area contributed by atoms with E-state index in [2.05, 4.69) is 17.0 Å². The second-order valence-electron chi connectivity index (χ2n) is 1.53. The van der Waals surface area contributed by atoms with Crippen molar-refractivity contribution < 1.29 is 4.79 Å². The first-order valence-corrected chi connectivity index (χ1v) is 2.57. The Morgan fingerprint density at radius 2 is 2.10 bits per heavy atom. The largest absolute Gasteiger partial charge is 0.384 e. The maximum Gasteiger partial charge on any atom is 0.271 e. The summed E-state index contributed by atoms with van der Waals surface area (Å²) >= 11 is 0. The van der Waals surface area contributed by atoms with E-state index in [0.717, 1.165) is 0 Å². The summed E-state index contributed by atoms with van der Waals surface area (Å²) in [6.07, 6.45) is 0. The number of primary amides is 1.